The summed E-state index contributed by atoms with van der Waals surface area (Å²) in [5.74, 6) is -1.65. The summed E-state index contributed by atoms with van der Waals surface area (Å²) in [6, 6.07) is 7.32. The van der Waals surface area contributed by atoms with Gasteiger partial charge in [-0.2, -0.15) is 0 Å². The lowest BCUT2D eigenvalue weighted by molar-refractivity contribution is -0.133. The van der Waals surface area contributed by atoms with Crippen molar-refractivity contribution in [1.29, 1.82) is 0 Å². The summed E-state index contributed by atoms with van der Waals surface area (Å²) in [6.07, 6.45) is -0.220. The molecule has 0 saturated carbocycles. The molecule has 1 aromatic rings. The molecule has 0 radical (unpaired) electrons. The molecular formula is C29H45N3O7. The summed E-state index contributed by atoms with van der Waals surface area (Å²) in [5.41, 5.74) is 0.105. The third-order valence-corrected chi connectivity index (χ3v) is 5.69. The van der Waals surface area contributed by atoms with E-state index in [0.29, 0.717) is 19.4 Å². The monoisotopic (exact) mass is 547 g/mol. The van der Waals surface area contributed by atoms with Crippen LogP contribution >= 0.6 is 0 Å². The van der Waals surface area contributed by atoms with Crippen molar-refractivity contribution < 1.29 is 33.4 Å². The second kappa shape index (κ2) is 16.5. The van der Waals surface area contributed by atoms with E-state index in [1.807, 2.05) is 30.3 Å². The number of unbranched alkanes of at least 4 members (excludes halogenated alkanes) is 1. The molecule has 0 spiro atoms. The molecule has 0 aliphatic carbocycles. The van der Waals surface area contributed by atoms with E-state index in [-0.39, 0.29) is 42.9 Å². The van der Waals surface area contributed by atoms with Gasteiger partial charge < -0.3 is 25.4 Å². The summed E-state index contributed by atoms with van der Waals surface area (Å²) >= 11 is 0. The molecule has 0 aliphatic rings. The molecule has 0 heterocycles. The van der Waals surface area contributed by atoms with E-state index in [2.05, 4.69) is 16.0 Å². The normalized spacial score (nSPS) is 12.8. The average molecular weight is 548 g/mol. The highest BCUT2D eigenvalue weighted by Gasteiger charge is 2.30. The largest absolute Gasteiger partial charge is 0.445 e. The number of ketones is 2. The van der Waals surface area contributed by atoms with E-state index < -0.39 is 35.8 Å². The van der Waals surface area contributed by atoms with Crippen LogP contribution < -0.4 is 16.0 Å². The number of Topliss-reactive ketones (excluding diaryl/α,β-unsaturated/α-hetero) is 2. The molecule has 0 saturated heterocycles. The van der Waals surface area contributed by atoms with Gasteiger partial charge in [0.15, 0.2) is 5.78 Å². The van der Waals surface area contributed by atoms with Gasteiger partial charge in [0.25, 0.3) is 0 Å². The van der Waals surface area contributed by atoms with Crippen molar-refractivity contribution in [3.63, 3.8) is 0 Å². The van der Waals surface area contributed by atoms with Crippen molar-refractivity contribution in [2.45, 2.75) is 98.4 Å². The topological polar surface area (TPSA) is 140 Å². The first-order valence-corrected chi connectivity index (χ1v) is 13.5. The highest BCUT2D eigenvalue weighted by atomic mass is 16.6. The SMILES string of the molecule is CC(C)C(=O)CC(NC(=O)C(CCCCNC(=O)OCc1ccccc1)NC(=O)OC(C)(C)C)C(=O)C(C)C. The highest BCUT2D eigenvalue weighted by Crippen LogP contribution is 2.12. The smallest absolute Gasteiger partial charge is 0.408 e. The first-order valence-electron chi connectivity index (χ1n) is 13.5. The van der Waals surface area contributed by atoms with E-state index in [0.717, 1.165) is 5.56 Å². The summed E-state index contributed by atoms with van der Waals surface area (Å²) in [5, 5.41) is 7.92. The van der Waals surface area contributed by atoms with E-state index >= 15 is 0 Å². The number of hydrogen-bond donors (Lipinski definition) is 3. The third-order valence-electron chi connectivity index (χ3n) is 5.69. The van der Waals surface area contributed by atoms with Gasteiger partial charge in [-0.1, -0.05) is 58.0 Å². The summed E-state index contributed by atoms with van der Waals surface area (Å²) in [6.45, 7) is 12.5. The Labute approximate surface area is 232 Å². The fraction of sp³-hybridized carbons (Fsp3) is 0.621. The lowest BCUT2D eigenvalue weighted by atomic mass is 9.93. The van der Waals surface area contributed by atoms with Crippen molar-refractivity contribution in [3.8, 4) is 0 Å². The van der Waals surface area contributed by atoms with E-state index in [1.54, 1.807) is 48.5 Å². The maximum absolute atomic E-state index is 13.2. The third kappa shape index (κ3) is 14.3. The predicted molar refractivity (Wildman–Crippen MR) is 148 cm³/mol. The van der Waals surface area contributed by atoms with Crippen LogP contribution in [0.1, 0.15) is 79.7 Å². The Hall–Kier alpha value is -3.43. The standard InChI is InChI=1S/C29H45N3O7/c1-19(2)24(33)17-23(25(34)20(3)4)31-26(35)22(32-28(37)39-29(5,6)7)15-11-12-16-30-27(36)38-18-21-13-9-8-10-14-21/h8-10,13-14,19-20,22-23H,11-12,15-18H2,1-7H3,(H,30,36)(H,31,35)(H,32,37). The minimum Gasteiger partial charge on any atom is -0.445 e. The summed E-state index contributed by atoms with van der Waals surface area (Å²) in [7, 11) is 0. The number of carbonyl (C=O) groups is 5. The maximum Gasteiger partial charge on any atom is 0.408 e. The molecular weight excluding hydrogens is 502 g/mol. The Kier molecular flexibility index (Phi) is 14.2. The minimum atomic E-state index is -0.999. The van der Waals surface area contributed by atoms with Crippen molar-refractivity contribution in [3.05, 3.63) is 35.9 Å². The van der Waals surface area contributed by atoms with Gasteiger partial charge in [-0.25, -0.2) is 9.59 Å². The van der Waals surface area contributed by atoms with Gasteiger partial charge in [-0.05, 0) is 45.6 Å². The highest BCUT2D eigenvalue weighted by molar-refractivity contribution is 5.96. The molecule has 218 valence electrons. The van der Waals surface area contributed by atoms with E-state index in [9.17, 15) is 24.0 Å². The van der Waals surface area contributed by atoms with Gasteiger partial charge in [0.1, 0.15) is 24.0 Å². The van der Waals surface area contributed by atoms with Crippen LogP contribution in [0, 0.1) is 11.8 Å². The minimum absolute atomic E-state index is 0.116. The van der Waals surface area contributed by atoms with Crippen molar-refractivity contribution in [1.82, 2.24) is 16.0 Å². The molecule has 3 N–H and O–H groups in total. The first kappa shape index (κ1) is 33.6. The van der Waals surface area contributed by atoms with Gasteiger partial charge >= 0.3 is 12.2 Å². The second-order valence-corrected chi connectivity index (χ2v) is 11.1. The number of ether oxygens (including phenoxy) is 2. The summed E-state index contributed by atoms with van der Waals surface area (Å²) < 4.78 is 10.5. The number of rotatable bonds is 15. The molecule has 1 aromatic carbocycles. The molecule has 0 fully saturated rings. The van der Waals surface area contributed by atoms with Gasteiger partial charge in [-0.3, -0.25) is 14.4 Å². The number of hydrogen-bond acceptors (Lipinski definition) is 7. The number of carbonyl (C=O) groups excluding carboxylic acids is 5. The quantitative estimate of drug-likeness (QED) is 0.278. The lowest BCUT2D eigenvalue weighted by Gasteiger charge is -2.26. The Morgan fingerprint density at radius 1 is 0.821 bits per heavy atom. The Morgan fingerprint density at radius 2 is 1.46 bits per heavy atom. The van der Waals surface area contributed by atoms with Gasteiger partial charge in [0.05, 0.1) is 6.04 Å². The maximum atomic E-state index is 13.2. The molecule has 0 aliphatic heterocycles. The molecule has 0 bridgehead atoms. The number of benzene rings is 1. The zero-order valence-corrected chi connectivity index (χ0v) is 24.3. The predicted octanol–water partition coefficient (Wildman–Crippen LogP) is 4.30. The zero-order chi connectivity index (χ0) is 29.6. The average Bonchev–Trinajstić information content (AvgIpc) is 2.84. The number of nitrogens with one attached hydrogen (secondary N) is 3. The van der Waals surface area contributed by atoms with Crippen LogP contribution in [0.2, 0.25) is 0 Å². The molecule has 2 atom stereocenters. The Morgan fingerprint density at radius 3 is 2.03 bits per heavy atom. The Bertz CT molecular complexity index is 955. The van der Waals surface area contributed by atoms with Gasteiger partial charge in [0.2, 0.25) is 5.91 Å². The number of alkyl carbamates (subject to hydrolysis) is 2. The van der Waals surface area contributed by atoms with Crippen molar-refractivity contribution in [2.75, 3.05) is 6.54 Å². The van der Waals surface area contributed by atoms with Crippen LogP contribution in [0.25, 0.3) is 0 Å². The van der Waals surface area contributed by atoms with Crippen LogP contribution in [0.4, 0.5) is 9.59 Å². The molecule has 3 amide bonds. The molecule has 10 nitrogen and oxygen atoms in total. The first-order chi connectivity index (χ1) is 18.2. The summed E-state index contributed by atoms with van der Waals surface area (Å²) in [4.78, 5) is 62.7. The zero-order valence-electron chi connectivity index (χ0n) is 24.3. The fourth-order valence-corrected chi connectivity index (χ4v) is 3.49. The molecule has 2 unspecified atom stereocenters. The van der Waals surface area contributed by atoms with Crippen LogP contribution in [0.3, 0.4) is 0 Å². The van der Waals surface area contributed by atoms with E-state index in [1.165, 1.54) is 0 Å². The number of amides is 3. The molecule has 10 heteroatoms. The van der Waals surface area contributed by atoms with Crippen LogP contribution in [-0.4, -0.2) is 53.9 Å². The molecule has 39 heavy (non-hydrogen) atoms. The molecule has 1 rings (SSSR count). The van der Waals surface area contributed by atoms with E-state index in [4.69, 9.17) is 9.47 Å². The van der Waals surface area contributed by atoms with Crippen LogP contribution in [-0.2, 0) is 30.5 Å². The second-order valence-electron chi connectivity index (χ2n) is 11.1. The Balaban J connectivity index is 2.74. The van der Waals surface area contributed by atoms with Crippen molar-refractivity contribution in [2.24, 2.45) is 11.8 Å². The molecule has 0 aromatic heterocycles. The van der Waals surface area contributed by atoms with Gasteiger partial charge in [0, 0.05) is 24.8 Å². The van der Waals surface area contributed by atoms with Gasteiger partial charge in [-0.15, -0.1) is 0 Å². The van der Waals surface area contributed by atoms with Crippen LogP contribution in [0.15, 0.2) is 30.3 Å². The lowest BCUT2D eigenvalue weighted by Crippen LogP contribution is -2.53. The van der Waals surface area contributed by atoms with Crippen molar-refractivity contribution >= 4 is 29.7 Å². The fourth-order valence-electron chi connectivity index (χ4n) is 3.49. The van der Waals surface area contributed by atoms with Crippen LogP contribution in [0.5, 0.6) is 0 Å².